The number of aliphatic hydroxyl groups excluding tert-OH is 1. The van der Waals surface area contributed by atoms with E-state index >= 15 is 0 Å². The number of hydrogen-bond donors (Lipinski definition) is 1. The van der Waals surface area contributed by atoms with Gasteiger partial charge in [-0.3, -0.25) is 9.80 Å². The van der Waals surface area contributed by atoms with Gasteiger partial charge in [0.15, 0.2) is 0 Å². The van der Waals surface area contributed by atoms with Crippen molar-refractivity contribution < 1.29 is 5.11 Å². The molecule has 1 aromatic carbocycles. The molecule has 2 fully saturated rings. The van der Waals surface area contributed by atoms with E-state index in [4.69, 9.17) is 0 Å². The standard InChI is InChI=1S/C20H32N2O/c23-20-16-21(12-11-18-7-3-1-4-8-18)13-14-22(17-20)15-19-9-5-2-6-10-19/h2,5-6,9-10,18,20,23H,1,3-4,7-8,11-17H2. The number of β-amino-alcohol motifs (C(OH)–C–C–N with tert-alkyl or cyclic N) is 1. The van der Waals surface area contributed by atoms with Crippen LogP contribution >= 0.6 is 0 Å². The second-order valence-corrected chi connectivity index (χ2v) is 7.47. The fourth-order valence-corrected chi connectivity index (χ4v) is 4.15. The molecule has 0 aromatic heterocycles. The van der Waals surface area contributed by atoms with Crippen LogP contribution < -0.4 is 0 Å². The molecule has 1 heterocycles. The van der Waals surface area contributed by atoms with Gasteiger partial charge in [-0.25, -0.2) is 0 Å². The van der Waals surface area contributed by atoms with Gasteiger partial charge in [0.25, 0.3) is 0 Å². The highest BCUT2D eigenvalue weighted by Crippen LogP contribution is 2.26. The van der Waals surface area contributed by atoms with Crippen LogP contribution in [0.1, 0.15) is 44.1 Å². The Morgan fingerprint density at radius 3 is 2.39 bits per heavy atom. The summed E-state index contributed by atoms with van der Waals surface area (Å²) in [5.41, 5.74) is 1.34. The van der Waals surface area contributed by atoms with Crippen molar-refractivity contribution in [2.45, 2.75) is 51.2 Å². The highest BCUT2D eigenvalue weighted by atomic mass is 16.3. The maximum atomic E-state index is 10.4. The van der Waals surface area contributed by atoms with Crippen molar-refractivity contribution in [3.05, 3.63) is 35.9 Å². The summed E-state index contributed by atoms with van der Waals surface area (Å²) in [6.45, 7) is 5.93. The van der Waals surface area contributed by atoms with Crippen LogP contribution in [-0.4, -0.2) is 53.7 Å². The number of aliphatic hydroxyl groups is 1. The third kappa shape index (κ3) is 5.59. The van der Waals surface area contributed by atoms with Gasteiger partial charge in [-0.05, 0) is 24.4 Å². The molecule has 128 valence electrons. The summed E-state index contributed by atoms with van der Waals surface area (Å²) >= 11 is 0. The summed E-state index contributed by atoms with van der Waals surface area (Å²) in [4.78, 5) is 4.89. The van der Waals surface area contributed by atoms with Gasteiger partial charge in [0.1, 0.15) is 0 Å². The van der Waals surface area contributed by atoms with Gasteiger partial charge in [0, 0.05) is 32.7 Å². The quantitative estimate of drug-likeness (QED) is 0.904. The smallest absolute Gasteiger partial charge is 0.0793 e. The molecule has 23 heavy (non-hydrogen) atoms. The van der Waals surface area contributed by atoms with Crippen molar-refractivity contribution in [2.24, 2.45) is 5.92 Å². The van der Waals surface area contributed by atoms with Gasteiger partial charge >= 0.3 is 0 Å². The fraction of sp³-hybridized carbons (Fsp3) is 0.700. The third-order valence-corrected chi connectivity index (χ3v) is 5.50. The van der Waals surface area contributed by atoms with Crippen molar-refractivity contribution in [3.63, 3.8) is 0 Å². The predicted molar refractivity (Wildman–Crippen MR) is 95.4 cm³/mol. The minimum atomic E-state index is -0.215. The molecule has 2 aliphatic rings. The highest BCUT2D eigenvalue weighted by Gasteiger charge is 2.22. The van der Waals surface area contributed by atoms with Gasteiger partial charge in [0.2, 0.25) is 0 Å². The van der Waals surface area contributed by atoms with Crippen molar-refractivity contribution in [3.8, 4) is 0 Å². The third-order valence-electron chi connectivity index (χ3n) is 5.50. The van der Waals surface area contributed by atoms with E-state index in [1.165, 1.54) is 50.6 Å². The van der Waals surface area contributed by atoms with Gasteiger partial charge in [-0.1, -0.05) is 62.4 Å². The molecule has 3 heteroatoms. The molecule has 3 nitrogen and oxygen atoms in total. The first-order valence-corrected chi connectivity index (χ1v) is 9.46. The number of rotatable bonds is 5. The Bertz CT molecular complexity index is 444. The van der Waals surface area contributed by atoms with Crippen LogP contribution in [0.3, 0.4) is 0 Å². The lowest BCUT2D eigenvalue weighted by Crippen LogP contribution is -2.34. The van der Waals surface area contributed by atoms with E-state index in [9.17, 15) is 5.11 Å². The molecule has 1 aromatic rings. The number of benzene rings is 1. The molecule has 3 rings (SSSR count). The Hall–Kier alpha value is -0.900. The van der Waals surface area contributed by atoms with E-state index in [0.29, 0.717) is 0 Å². The van der Waals surface area contributed by atoms with E-state index in [1.807, 2.05) is 0 Å². The average Bonchev–Trinajstić information content (AvgIpc) is 2.76. The lowest BCUT2D eigenvalue weighted by molar-refractivity contribution is 0.105. The maximum absolute atomic E-state index is 10.4. The molecule has 1 N–H and O–H groups in total. The number of hydrogen-bond acceptors (Lipinski definition) is 3. The largest absolute Gasteiger partial charge is 0.390 e. The topological polar surface area (TPSA) is 26.7 Å². The Balaban J connectivity index is 1.45. The molecule has 0 bridgehead atoms. The molecule has 1 saturated heterocycles. The van der Waals surface area contributed by atoms with Crippen molar-refractivity contribution in [1.82, 2.24) is 9.80 Å². The van der Waals surface area contributed by atoms with E-state index in [2.05, 4.69) is 40.1 Å². The zero-order chi connectivity index (χ0) is 15.9. The molecule has 1 atom stereocenters. The summed E-state index contributed by atoms with van der Waals surface area (Å²) in [5, 5.41) is 10.4. The first kappa shape index (κ1) is 16.9. The first-order chi connectivity index (χ1) is 11.3. The Labute approximate surface area is 141 Å². The van der Waals surface area contributed by atoms with Gasteiger partial charge in [-0.2, -0.15) is 0 Å². The zero-order valence-electron chi connectivity index (χ0n) is 14.4. The van der Waals surface area contributed by atoms with Crippen LogP contribution in [-0.2, 0) is 6.54 Å². The molecule has 1 saturated carbocycles. The normalized spacial score (nSPS) is 25.3. The summed E-state index contributed by atoms with van der Waals surface area (Å²) in [6.07, 6.45) is 8.26. The molecule has 1 unspecified atom stereocenters. The predicted octanol–water partition coefficient (Wildman–Crippen LogP) is 3.14. The number of nitrogens with zero attached hydrogens (tertiary/aromatic N) is 2. The summed E-state index contributed by atoms with van der Waals surface area (Å²) in [7, 11) is 0. The van der Waals surface area contributed by atoms with Crippen molar-refractivity contribution in [1.29, 1.82) is 0 Å². The Morgan fingerprint density at radius 2 is 1.61 bits per heavy atom. The van der Waals surface area contributed by atoms with E-state index in [-0.39, 0.29) is 6.10 Å². The molecular formula is C20H32N2O. The monoisotopic (exact) mass is 316 g/mol. The lowest BCUT2D eigenvalue weighted by atomic mass is 9.87. The van der Waals surface area contributed by atoms with Crippen LogP contribution in [0, 0.1) is 5.92 Å². The first-order valence-electron chi connectivity index (χ1n) is 9.46. The minimum absolute atomic E-state index is 0.215. The summed E-state index contributed by atoms with van der Waals surface area (Å²) in [6, 6.07) is 10.6. The van der Waals surface area contributed by atoms with E-state index < -0.39 is 0 Å². The molecule has 0 amide bonds. The van der Waals surface area contributed by atoms with Gasteiger partial charge in [-0.15, -0.1) is 0 Å². The van der Waals surface area contributed by atoms with Crippen LogP contribution in [0.4, 0.5) is 0 Å². The zero-order valence-corrected chi connectivity index (χ0v) is 14.4. The average molecular weight is 316 g/mol. The molecule has 0 radical (unpaired) electrons. The van der Waals surface area contributed by atoms with Crippen molar-refractivity contribution in [2.75, 3.05) is 32.7 Å². The molecule has 1 aliphatic heterocycles. The summed E-state index contributed by atoms with van der Waals surface area (Å²) in [5.74, 6) is 0.935. The van der Waals surface area contributed by atoms with Crippen LogP contribution in [0.2, 0.25) is 0 Å². The minimum Gasteiger partial charge on any atom is -0.390 e. The lowest BCUT2D eigenvalue weighted by Gasteiger charge is -2.26. The molecular weight excluding hydrogens is 284 g/mol. The SMILES string of the molecule is OC1CN(CCC2CCCCC2)CCN(Cc2ccccc2)C1. The van der Waals surface area contributed by atoms with Crippen LogP contribution in [0.25, 0.3) is 0 Å². The van der Waals surface area contributed by atoms with Gasteiger partial charge in [0.05, 0.1) is 6.10 Å². The summed E-state index contributed by atoms with van der Waals surface area (Å²) < 4.78 is 0. The second-order valence-electron chi connectivity index (χ2n) is 7.47. The van der Waals surface area contributed by atoms with E-state index in [1.54, 1.807) is 0 Å². The molecule has 1 aliphatic carbocycles. The highest BCUT2D eigenvalue weighted by molar-refractivity contribution is 5.14. The Morgan fingerprint density at radius 1 is 0.913 bits per heavy atom. The van der Waals surface area contributed by atoms with Gasteiger partial charge < -0.3 is 5.11 Å². The van der Waals surface area contributed by atoms with Crippen molar-refractivity contribution >= 4 is 0 Å². The van der Waals surface area contributed by atoms with Crippen LogP contribution in [0.15, 0.2) is 30.3 Å². The second kappa shape index (κ2) is 8.81. The Kier molecular flexibility index (Phi) is 6.49. The van der Waals surface area contributed by atoms with E-state index in [0.717, 1.165) is 38.6 Å². The maximum Gasteiger partial charge on any atom is 0.0793 e. The molecule has 0 spiro atoms. The van der Waals surface area contributed by atoms with Crippen LogP contribution in [0.5, 0.6) is 0 Å². The fourth-order valence-electron chi connectivity index (χ4n) is 4.15.